The van der Waals surface area contributed by atoms with Crippen molar-refractivity contribution in [2.24, 2.45) is 5.73 Å². The normalized spacial score (nSPS) is 17.8. The fourth-order valence-corrected chi connectivity index (χ4v) is 2.45. The molecule has 2 heteroatoms. The second-order valence-corrected chi connectivity index (χ2v) is 5.01. The zero-order valence-corrected chi connectivity index (χ0v) is 10.5. The largest absolute Gasteiger partial charge is 0.329 e. The van der Waals surface area contributed by atoms with Crippen molar-refractivity contribution >= 4 is 0 Å². The van der Waals surface area contributed by atoms with Crippen molar-refractivity contribution in [3.63, 3.8) is 0 Å². The van der Waals surface area contributed by atoms with Gasteiger partial charge in [-0.25, -0.2) is 0 Å². The van der Waals surface area contributed by atoms with Gasteiger partial charge in [0.15, 0.2) is 0 Å². The van der Waals surface area contributed by atoms with E-state index < -0.39 is 0 Å². The summed E-state index contributed by atoms with van der Waals surface area (Å²) in [5.41, 5.74) is 10.0. The number of nitrogens with two attached hydrogens (primary N) is 1. The van der Waals surface area contributed by atoms with Crippen molar-refractivity contribution < 1.29 is 0 Å². The highest BCUT2D eigenvalue weighted by Gasteiger charge is 2.31. The van der Waals surface area contributed by atoms with Gasteiger partial charge in [0.2, 0.25) is 0 Å². The van der Waals surface area contributed by atoms with Gasteiger partial charge in [0.1, 0.15) is 0 Å². The predicted molar refractivity (Wildman–Crippen MR) is 68.5 cm³/mol. The molecule has 0 aliphatic heterocycles. The van der Waals surface area contributed by atoms with Gasteiger partial charge in [-0.2, -0.15) is 0 Å². The van der Waals surface area contributed by atoms with Crippen molar-refractivity contribution in [3.05, 3.63) is 34.9 Å². The maximum atomic E-state index is 5.94. The number of likely N-dealkylation sites (N-methyl/N-ethyl adjacent to an activating group) is 1. The molecule has 0 spiro atoms. The summed E-state index contributed by atoms with van der Waals surface area (Å²) in [6, 6.07) is 7.81. The molecular weight excluding hydrogens is 196 g/mol. The van der Waals surface area contributed by atoms with E-state index in [9.17, 15) is 0 Å². The standard InChI is InChI=1S/C14H22N2/c1-10-4-7-13(11(2)8-10)14(9-15)16(3)12-5-6-12/h4,7-8,12,14H,5-6,9,15H2,1-3H3. The first-order valence-corrected chi connectivity index (χ1v) is 6.12. The lowest BCUT2D eigenvalue weighted by atomic mass is 9.98. The van der Waals surface area contributed by atoms with Crippen molar-refractivity contribution in [1.29, 1.82) is 0 Å². The minimum atomic E-state index is 0.382. The predicted octanol–water partition coefficient (Wildman–Crippen LogP) is 2.40. The topological polar surface area (TPSA) is 29.3 Å². The first kappa shape index (κ1) is 11.6. The van der Waals surface area contributed by atoms with Gasteiger partial charge in [-0.1, -0.05) is 23.8 Å². The fraction of sp³-hybridized carbons (Fsp3) is 0.571. The van der Waals surface area contributed by atoms with Crippen LogP contribution >= 0.6 is 0 Å². The molecule has 0 radical (unpaired) electrons. The van der Waals surface area contributed by atoms with Crippen LogP contribution in [0.2, 0.25) is 0 Å². The van der Waals surface area contributed by atoms with Gasteiger partial charge in [0.25, 0.3) is 0 Å². The third-order valence-corrected chi connectivity index (χ3v) is 3.62. The van der Waals surface area contributed by atoms with Gasteiger partial charge < -0.3 is 5.73 Å². The Morgan fingerprint density at radius 2 is 2.06 bits per heavy atom. The van der Waals surface area contributed by atoms with E-state index in [2.05, 4.69) is 44.0 Å². The molecule has 1 aromatic rings. The second-order valence-electron chi connectivity index (χ2n) is 5.01. The van der Waals surface area contributed by atoms with Crippen LogP contribution in [0, 0.1) is 13.8 Å². The van der Waals surface area contributed by atoms with E-state index in [-0.39, 0.29) is 0 Å². The Morgan fingerprint density at radius 3 is 2.56 bits per heavy atom. The van der Waals surface area contributed by atoms with Crippen LogP contribution in [0.25, 0.3) is 0 Å². The molecule has 0 bridgehead atoms. The fourth-order valence-electron chi connectivity index (χ4n) is 2.45. The van der Waals surface area contributed by atoms with Gasteiger partial charge >= 0.3 is 0 Å². The Hall–Kier alpha value is -0.860. The summed E-state index contributed by atoms with van der Waals surface area (Å²) in [6.45, 7) is 5.03. The minimum Gasteiger partial charge on any atom is -0.329 e. The quantitative estimate of drug-likeness (QED) is 0.841. The number of nitrogens with zero attached hydrogens (tertiary/aromatic N) is 1. The smallest absolute Gasteiger partial charge is 0.0472 e. The molecule has 1 atom stereocenters. The van der Waals surface area contributed by atoms with Gasteiger partial charge in [0.05, 0.1) is 0 Å². The highest BCUT2D eigenvalue weighted by atomic mass is 15.2. The van der Waals surface area contributed by atoms with Crippen LogP contribution in [-0.4, -0.2) is 24.5 Å². The van der Waals surface area contributed by atoms with Gasteiger partial charge in [-0.3, -0.25) is 4.90 Å². The molecule has 1 unspecified atom stereocenters. The van der Waals surface area contributed by atoms with Crippen molar-refractivity contribution in [1.82, 2.24) is 4.90 Å². The average Bonchev–Trinajstić information content (AvgIpc) is 3.05. The number of hydrogen-bond acceptors (Lipinski definition) is 2. The van der Waals surface area contributed by atoms with Gasteiger partial charge in [0, 0.05) is 18.6 Å². The number of hydrogen-bond donors (Lipinski definition) is 1. The summed E-state index contributed by atoms with van der Waals surface area (Å²) in [5.74, 6) is 0. The lowest BCUT2D eigenvalue weighted by Gasteiger charge is -2.28. The molecule has 0 amide bonds. The maximum absolute atomic E-state index is 5.94. The summed E-state index contributed by atoms with van der Waals surface area (Å²) in [7, 11) is 2.20. The molecular formula is C14H22N2. The van der Waals surface area contributed by atoms with E-state index in [0.717, 1.165) is 6.04 Å². The molecule has 1 aromatic carbocycles. The average molecular weight is 218 g/mol. The van der Waals surface area contributed by atoms with Crippen molar-refractivity contribution in [3.8, 4) is 0 Å². The summed E-state index contributed by atoms with van der Waals surface area (Å²) in [6.07, 6.45) is 2.66. The Morgan fingerprint density at radius 1 is 1.38 bits per heavy atom. The highest BCUT2D eigenvalue weighted by Crippen LogP contribution is 2.33. The third-order valence-electron chi connectivity index (χ3n) is 3.62. The van der Waals surface area contributed by atoms with Crippen LogP contribution in [0.1, 0.15) is 35.6 Å². The Kier molecular flexibility index (Phi) is 3.31. The SMILES string of the molecule is Cc1ccc(C(CN)N(C)C2CC2)c(C)c1. The molecule has 16 heavy (non-hydrogen) atoms. The molecule has 88 valence electrons. The summed E-state index contributed by atoms with van der Waals surface area (Å²) < 4.78 is 0. The number of benzene rings is 1. The van der Waals surface area contributed by atoms with Gasteiger partial charge in [-0.05, 0) is 44.9 Å². The third kappa shape index (κ3) is 2.28. The number of aryl methyl sites for hydroxylation is 2. The van der Waals surface area contributed by atoms with Crippen LogP contribution < -0.4 is 5.73 Å². The van der Waals surface area contributed by atoms with Crippen LogP contribution in [0.4, 0.5) is 0 Å². The second kappa shape index (κ2) is 4.56. The summed E-state index contributed by atoms with van der Waals surface area (Å²) >= 11 is 0. The molecule has 2 rings (SSSR count). The lowest BCUT2D eigenvalue weighted by molar-refractivity contribution is 0.239. The van der Waals surface area contributed by atoms with Crippen LogP contribution in [-0.2, 0) is 0 Å². The molecule has 1 fully saturated rings. The first-order valence-electron chi connectivity index (χ1n) is 6.12. The molecule has 0 saturated heterocycles. The van der Waals surface area contributed by atoms with E-state index >= 15 is 0 Å². The Bertz CT molecular complexity index is 369. The van der Waals surface area contributed by atoms with Crippen molar-refractivity contribution in [2.45, 2.75) is 38.8 Å². The van der Waals surface area contributed by atoms with E-state index in [1.54, 1.807) is 0 Å². The molecule has 1 aliphatic carbocycles. The highest BCUT2D eigenvalue weighted by molar-refractivity contribution is 5.33. The monoisotopic (exact) mass is 218 g/mol. The summed E-state index contributed by atoms with van der Waals surface area (Å²) in [4.78, 5) is 2.44. The maximum Gasteiger partial charge on any atom is 0.0472 e. The molecule has 0 aromatic heterocycles. The Labute approximate surface area is 98.4 Å². The lowest BCUT2D eigenvalue weighted by Crippen LogP contribution is -2.32. The molecule has 0 heterocycles. The van der Waals surface area contributed by atoms with Crippen molar-refractivity contribution in [2.75, 3.05) is 13.6 Å². The molecule has 1 saturated carbocycles. The number of rotatable bonds is 4. The minimum absolute atomic E-state index is 0.382. The zero-order chi connectivity index (χ0) is 11.7. The first-order chi connectivity index (χ1) is 7.63. The van der Waals surface area contributed by atoms with E-state index in [0.29, 0.717) is 12.6 Å². The van der Waals surface area contributed by atoms with Crippen LogP contribution in [0.5, 0.6) is 0 Å². The van der Waals surface area contributed by atoms with E-state index in [1.165, 1.54) is 29.5 Å². The molecule has 1 aliphatic rings. The zero-order valence-electron chi connectivity index (χ0n) is 10.5. The summed E-state index contributed by atoms with van der Waals surface area (Å²) in [5, 5.41) is 0. The van der Waals surface area contributed by atoms with E-state index in [4.69, 9.17) is 5.73 Å². The Balaban J connectivity index is 2.24. The van der Waals surface area contributed by atoms with Crippen LogP contribution in [0.15, 0.2) is 18.2 Å². The molecule has 2 nitrogen and oxygen atoms in total. The van der Waals surface area contributed by atoms with E-state index in [1.807, 2.05) is 0 Å². The van der Waals surface area contributed by atoms with Crippen LogP contribution in [0.3, 0.4) is 0 Å². The molecule has 2 N–H and O–H groups in total. The van der Waals surface area contributed by atoms with Gasteiger partial charge in [-0.15, -0.1) is 0 Å².